The molecular formula is C12H19N3O5S. The Morgan fingerprint density at radius 2 is 2.05 bits per heavy atom. The number of hydrogen-bond donors (Lipinski definition) is 2. The van der Waals surface area contributed by atoms with Crippen LogP contribution < -0.4 is 14.8 Å². The van der Waals surface area contributed by atoms with Crippen LogP contribution in [0.25, 0.3) is 0 Å². The van der Waals surface area contributed by atoms with Gasteiger partial charge < -0.3 is 10.1 Å². The highest BCUT2D eigenvalue weighted by atomic mass is 32.2. The summed E-state index contributed by atoms with van der Waals surface area (Å²) in [6.45, 7) is 1.42. The number of methoxy groups -OCH3 is 1. The van der Waals surface area contributed by atoms with E-state index in [1.807, 2.05) is 0 Å². The summed E-state index contributed by atoms with van der Waals surface area (Å²) in [6, 6.07) is 4.76. The van der Waals surface area contributed by atoms with Crippen LogP contribution in [0.5, 0.6) is 5.75 Å². The first-order valence-corrected chi connectivity index (χ1v) is 8.19. The van der Waals surface area contributed by atoms with Crippen LogP contribution in [0.2, 0.25) is 0 Å². The molecule has 2 N–H and O–H groups in total. The van der Waals surface area contributed by atoms with E-state index in [4.69, 9.17) is 4.74 Å². The van der Waals surface area contributed by atoms with Crippen molar-refractivity contribution in [3.05, 3.63) is 33.9 Å². The van der Waals surface area contributed by atoms with Gasteiger partial charge in [-0.3, -0.25) is 10.1 Å². The number of nitrogens with one attached hydrogen (secondary N) is 2. The predicted molar refractivity (Wildman–Crippen MR) is 78.8 cm³/mol. The summed E-state index contributed by atoms with van der Waals surface area (Å²) in [5.74, 6) is 0.223. The normalized spacial score (nSPS) is 11.3. The molecule has 1 rings (SSSR count). The molecule has 0 saturated heterocycles. The van der Waals surface area contributed by atoms with Crippen LogP contribution in [0, 0.1) is 10.1 Å². The quantitative estimate of drug-likeness (QED) is 0.393. The van der Waals surface area contributed by atoms with Gasteiger partial charge in [0.25, 0.3) is 0 Å². The first-order chi connectivity index (χ1) is 9.83. The topological polar surface area (TPSA) is 111 Å². The fraction of sp³-hybridized carbons (Fsp3) is 0.500. The lowest BCUT2D eigenvalue weighted by Crippen LogP contribution is -2.26. The minimum absolute atomic E-state index is 0.0736. The second-order valence-corrected chi connectivity index (χ2v) is 6.29. The average molecular weight is 317 g/mol. The Kier molecular flexibility index (Phi) is 6.53. The Hall–Kier alpha value is -1.71. The molecule has 8 nitrogen and oxygen atoms in total. The molecule has 0 aromatic heterocycles. The summed E-state index contributed by atoms with van der Waals surface area (Å²) in [5, 5.41) is 14.0. The zero-order valence-electron chi connectivity index (χ0n) is 12.0. The molecule has 21 heavy (non-hydrogen) atoms. The van der Waals surface area contributed by atoms with Gasteiger partial charge in [0.2, 0.25) is 10.0 Å². The molecule has 0 radical (unpaired) electrons. The van der Waals surface area contributed by atoms with Crippen molar-refractivity contribution in [3.8, 4) is 5.75 Å². The predicted octanol–water partition coefficient (Wildman–Crippen LogP) is 0.632. The monoisotopic (exact) mass is 317 g/mol. The van der Waals surface area contributed by atoms with Crippen molar-refractivity contribution < 1.29 is 18.1 Å². The SMILES string of the molecule is COc1ccc(CNCCCNS(C)(=O)=O)cc1[N+](=O)[O-]. The van der Waals surface area contributed by atoms with E-state index in [2.05, 4.69) is 10.0 Å². The Labute approximate surface area is 123 Å². The van der Waals surface area contributed by atoms with Gasteiger partial charge in [-0.15, -0.1) is 0 Å². The second kappa shape index (κ2) is 7.91. The molecule has 0 aliphatic heterocycles. The van der Waals surface area contributed by atoms with Gasteiger partial charge in [0.05, 0.1) is 18.3 Å². The van der Waals surface area contributed by atoms with Gasteiger partial charge in [-0.1, -0.05) is 6.07 Å². The molecule has 1 aromatic carbocycles. The van der Waals surface area contributed by atoms with Gasteiger partial charge in [0.1, 0.15) is 0 Å². The average Bonchev–Trinajstić information content (AvgIpc) is 2.41. The Balaban J connectivity index is 2.42. The minimum atomic E-state index is -3.15. The smallest absolute Gasteiger partial charge is 0.311 e. The number of hydrogen-bond acceptors (Lipinski definition) is 6. The van der Waals surface area contributed by atoms with Gasteiger partial charge in [-0.05, 0) is 24.6 Å². The van der Waals surface area contributed by atoms with E-state index in [0.717, 1.165) is 11.8 Å². The van der Waals surface area contributed by atoms with E-state index >= 15 is 0 Å². The number of rotatable bonds is 9. The highest BCUT2D eigenvalue weighted by Gasteiger charge is 2.14. The molecule has 0 saturated carbocycles. The first-order valence-electron chi connectivity index (χ1n) is 6.30. The fourth-order valence-electron chi connectivity index (χ4n) is 1.69. The molecule has 0 unspecified atom stereocenters. The molecule has 0 atom stereocenters. The van der Waals surface area contributed by atoms with E-state index in [0.29, 0.717) is 26.1 Å². The largest absolute Gasteiger partial charge is 0.490 e. The van der Waals surface area contributed by atoms with Crippen LogP contribution >= 0.6 is 0 Å². The van der Waals surface area contributed by atoms with Gasteiger partial charge in [0.15, 0.2) is 5.75 Å². The van der Waals surface area contributed by atoms with Gasteiger partial charge >= 0.3 is 5.69 Å². The molecule has 0 fully saturated rings. The molecule has 118 valence electrons. The van der Waals surface area contributed by atoms with Gasteiger partial charge in [-0.2, -0.15) is 0 Å². The van der Waals surface area contributed by atoms with Crippen LogP contribution in [0.4, 0.5) is 5.69 Å². The zero-order valence-corrected chi connectivity index (χ0v) is 12.8. The van der Waals surface area contributed by atoms with Crippen LogP contribution in [-0.2, 0) is 16.6 Å². The van der Waals surface area contributed by atoms with Crippen LogP contribution in [0.15, 0.2) is 18.2 Å². The lowest BCUT2D eigenvalue weighted by Gasteiger charge is -2.07. The van der Waals surface area contributed by atoms with Gasteiger partial charge in [0, 0.05) is 19.2 Å². The molecule has 9 heteroatoms. The summed E-state index contributed by atoms with van der Waals surface area (Å²) in [5.41, 5.74) is 0.689. The summed E-state index contributed by atoms with van der Waals surface area (Å²) in [7, 11) is -1.77. The lowest BCUT2D eigenvalue weighted by atomic mass is 10.2. The number of nitrogens with zero attached hydrogens (tertiary/aromatic N) is 1. The highest BCUT2D eigenvalue weighted by molar-refractivity contribution is 7.88. The highest BCUT2D eigenvalue weighted by Crippen LogP contribution is 2.27. The minimum Gasteiger partial charge on any atom is -0.490 e. The Morgan fingerprint density at radius 3 is 2.62 bits per heavy atom. The van der Waals surface area contributed by atoms with Crippen molar-refractivity contribution in [2.75, 3.05) is 26.5 Å². The summed E-state index contributed by atoms with van der Waals surface area (Å²) < 4.78 is 29.0. The number of nitro groups is 1. The van der Waals surface area contributed by atoms with E-state index in [1.54, 1.807) is 12.1 Å². The molecule has 1 aromatic rings. The molecule has 0 aliphatic carbocycles. The summed E-state index contributed by atoms with van der Waals surface area (Å²) >= 11 is 0. The third kappa shape index (κ3) is 6.52. The van der Waals surface area contributed by atoms with Crippen molar-refractivity contribution in [1.29, 1.82) is 0 Å². The van der Waals surface area contributed by atoms with Crippen molar-refractivity contribution >= 4 is 15.7 Å². The summed E-state index contributed by atoms with van der Waals surface area (Å²) in [6.07, 6.45) is 1.74. The van der Waals surface area contributed by atoms with Crippen LogP contribution in [0.1, 0.15) is 12.0 Å². The van der Waals surface area contributed by atoms with Crippen LogP contribution in [-0.4, -0.2) is 39.8 Å². The molecule has 0 spiro atoms. The van der Waals surface area contributed by atoms with Crippen molar-refractivity contribution in [3.63, 3.8) is 0 Å². The maximum atomic E-state index is 10.9. The standard InChI is InChI=1S/C12H19N3O5S/c1-20-12-5-4-10(8-11(12)15(16)17)9-13-6-3-7-14-21(2,18)19/h4-5,8,13-14H,3,6-7,9H2,1-2H3. The zero-order chi connectivity index (χ0) is 15.9. The maximum Gasteiger partial charge on any atom is 0.311 e. The Morgan fingerprint density at radius 1 is 1.33 bits per heavy atom. The summed E-state index contributed by atoms with van der Waals surface area (Å²) in [4.78, 5) is 10.4. The van der Waals surface area contributed by atoms with Crippen molar-refractivity contribution in [1.82, 2.24) is 10.0 Å². The number of nitro benzene ring substituents is 1. The fourth-order valence-corrected chi connectivity index (χ4v) is 2.21. The second-order valence-electron chi connectivity index (χ2n) is 4.46. The number of ether oxygens (including phenoxy) is 1. The molecule has 0 aliphatic rings. The van der Waals surface area contributed by atoms with E-state index < -0.39 is 14.9 Å². The maximum absolute atomic E-state index is 10.9. The molecule has 0 heterocycles. The third-order valence-electron chi connectivity index (χ3n) is 2.66. The number of benzene rings is 1. The van der Waals surface area contributed by atoms with Crippen molar-refractivity contribution in [2.45, 2.75) is 13.0 Å². The van der Waals surface area contributed by atoms with Crippen LogP contribution in [0.3, 0.4) is 0 Å². The van der Waals surface area contributed by atoms with E-state index in [1.165, 1.54) is 13.2 Å². The van der Waals surface area contributed by atoms with E-state index in [9.17, 15) is 18.5 Å². The third-order valence-corrected chi connectivity index (χ3v) is 3.39. The van der Waals surface area contributed by atoms with Gasteiger partial charge in [-0.25, -0.2) is 13.1 Å². The van der Waals surface area contributed by atoms with Crippen molar-refractivity contribution in [2.24, 2.45) is 0 Å². The Bertz CT molecular complexity index is 589. The molecular weight excluding hydrogens is 298 g/mol. The molecule has 0 bridgehead atoms. The lowest BCUT2D eigenvalue weighted by molar-refractivity contribution is -0.385. The van der Waals surface area contributed by atoms with E-state index in [-0.39, 0.29) is 11.4 Å². The number of sulfonamides is 1. The molecule has 0 amide bonds. The first kappa shape index (κ1) is 17.3.